The monoisotopic (exact) mass is 354 g/mol. The SMILES string of the molecule is CN(C)CCCNc1nc(-c2ccccc2)cc(N2CCN(C)CC2)n1. The second kappa shape index (κ2) is 8.96. The molecule has 1 saturated heterocycles. The Morgan fingerprint density at radius 3 is 2.46 bits per heavy atom. The predicted molar refractivity (Wildman–Crippen MR) is 109 cm³/mol. The molecule has 0 aliphatic carbocycles. The van der Waals surface area contributed by atoms with Crippen molar-refractivity contribution in [3.63, 3.8) is 0 Å². The van der Waals surface area contributed by atoms with Crippen molar-refractivity contribution in [2.45, 2.75) is 6.42 Å². The smallest absolute Gasteiger partial charge is 0.225 e. The molecule has 0 atom stereocenters. The summed E-state index contributed by atoms with van der Waals surface area (Å²) in [7, 11) is 6.36. The van der Waals surface area contributed by atoms with Crippen LogP contribution in [0.5, 0.6) is 0 Å². The lowest BCUT2D eigenvalue weighted by atomic mass is 10.1. The highest BCUT2D eigenvalue weighted by molar-refractivity contribution is 5.64. The van der Waals surface area contributed by atoms with Crippen molar-refractivity contribution < 1.29 is 0 Å². The van der Waals surface area contributed by atoms with Gasteiger partial charge in [0.2, 0.25) is 5.95 Å². The molecule has 0 saturated carbocycles. The van der Waals surface area contributed by atoms with Gasteiger partial charge in [-0.1, -0.05) is 30.3 Å². The molecule has 2 aromatic rings. The van der Waals surface area contributed by atoms with Gasteiger partial charge in [0.1, 0.15) is 5.82 Å². The average Bonchev–Trinajstić information content (AvgIpc) is 2.66. The van der Waals surface area contributed by atoms with Gasteiger partial charge in [0.05, 0.1) is 5.69 Å². The first kappa shape index (κ1) is 18.6. The minimum atomic E-state index is 0.721. The molecule has 1 fully saturated rings. The molecule has 1 aromatic heterocycles. The van der Waals surface area contributed by atoms with Crippen LogP contribution in [0.25, 0.3) is 11.3 Å². The van der Waals surface area contributed by atoms with Gasteiger partial charge in [-0.3, -0.25) is 0 Å². The molecule has 1 N–H and O–H groups in total. The van der Waals surface area contributed by atoms with Crippen LogP contribution in [-0.4, -0.2) is 80.2 Å². The van der Waals surface area contributed by atoms with Crippen LogP contribution in [0, 0.1) is 0 Å². The third-order valence-corrected chi connectivity index (χ3v) is 4.67. The molecule has 0 radical (unpaired) electrons. The Morgan fingerprint density at radius 1 is 1.04 bits per heavy atom. The summed E-state index contributed by atoms with van der Waals surface area (Å²) in [5.41, 5.74) is 2.10. The van der Waals surface area contributed by atoms with Gasteiger partial charge in [-0.25, -0.2) is 4.98 Å². The fourth-order valence-corrected chi connectivity index (χ4v) is 3.06. The highest BCUT2D eigenvalue weighted by Crippen LogP contribution is 2.24. The van der Waals surface area contributed by atoms with E-state index >= 15 is 0 Å². The lowest BCUT2D eigenvalue weighted by molar-refractivity contribution is 0.312. The molecule has 2 heterocycles. The van der Waals surface area contributed by atoms with Gasteiger partial charge in [-0.2, -0.15) is 4.98 Å². The Bertz CT molecular complexity index is 680. The summed E-state index contributed by atoms with van der Waals surface area (Å²) in [5, 5.41) is 3.41. The fraction of sp³-hybridized carbons (Fsp3) is 0.500. The quantitative estimate of drug-likeness (QED) is 0.770. The van der Waals surface area contributed by atoms with Gasteiger partial charge in [0, 0.05) is 44.4 Å². The molecule has 1 aliphatic rings. The van der Waals surface area contributed by atoms with E-state index in [0.717, 1.165) is 68.7 Å². The van der Waals surface area contributed by atoms with Crippen LogP contribution >= 0.6 is 0 Å². The van der Waals surface area contributed by atoms with Crippen molar-refractivity contribution in [3.8, 4) is 11.3 Å². The van der Waals surface area contributed by atoms with E-state index in [2.05, 4.69) is 71.5 Å². The molecule has 140 valence electrons. The van der Waals surface area contributed by atoms with E-state index in [9.17, 15) is 0 Å². The van der Waals surface area contributed by atoms with Crippen molar-refractivity contribution >= 4 is 11.8 Å². The van der Waals surface area contributed by atoms with Gasteiger partial charge in [-0.05, 0) is 34.1 Å². The predicted octanol–water partition coefficient (Wildman–Crippen LogP) is 2.26. The normalized spacial score (nSPS) is 15.5. The molecule has 26 heavy (non-hydrogen) atoms. The lowest BCUT2D eigenvalue weighted by Gasteiger charge is -2.33. The number of hydrogen-bond acceptors (Lipinski definition) is 6. The number of anilines is 2. The summed E-state index contributed by atoms with van der Waals surface area (Å²) in [6.07, 6.45) is 1.07. The number of benzene rings is 1. The zero-order chi connectivity index (χ0) is 18.4. The number of likely N-dealkylation sites (N-methyl/N-ethyl adjacent to an activating group) is 1. The van der Waals surface area contributed by atoms with Crippen molar-refractivity contribution in [3.05, 3.63) is 36.4 Å². The van der Waals surface area contributed by atoms with Gasteiger partial charge in [-0.15, -0.1) is 0 Å². The van der Waals surface area contributed by atoms with Crippen molar-refractivity contribution in [1.29, 1.82) is 0 Å². The largest absolute Gasteiger partial charge is 0.354 e. The topological polar surface area (TPSA) is 47.5 Å². The zero-order valence-electron chi connectivity index (χ0n) is 16.1. The van der Waals surface area contributed by atoms with Crippen LogP contribution in [0.4, 0.5) is 11.8 Å². The molecular formula is C20H30N6. The maximum Gasteiger partial charge on any atom is 0.225 e. The molecule has 6 nitrogen and oxygen atoms in total. The molecular weight excluding hydrogens is 324 g/mol. The number of rotatable bonds is 7. The van der Waals surface area contributed by atoms with Gasteiger partial charge in [0.15, 0.2) is 0 Å². The summed E-state index contributed by atoms with van der Waals surface area (Å²) < 4.78 is 0. The minimum absolute atomic E-state index is 0.721. The van der Waals surface area contributed by atoms with Crippen molar-refractivity contribution in [2.24, 2.45) is 0 Å². The van der Waals surface area contributed by atoms with Crippen molar-refractivity contribution in [2.75, 3.05) is 70.6 Å². The molecule has 0 bridgehead atoms. The van der Waals surface area contributed by atoms with E-state index in [0.29, 0.717) is 0 Å². The van der Waals surface area contributed by atoms with Crippen LogP contribution < -0.4 is 10.2 Å². The average molecular weight is 355 g/mol. The Hall–Kier alpha value is -2.18. The number of nitrogens with one attached hydrogen (secondary N) is 1. The maximum absolute atomic E-state index is 4.80. The highest BCUT2D eigenvalue weighted by Gasteiger charge is 2.17. The third kappa shape index (κ3) is 5.16. The fourth-order valence-electron chi connectivity index (χ4n) is 3.06. The summed E-state index contributed by atoms with van der Waals surface area (Å²) in [6, 6.07) is 12.5. The van der Waals surface area contributed by atoms with Crippen LogP contribution in [-0.2, 0) is 0 Å². The second-order valence-corrected chi connectivity index (χ2v) is 7.17. The number of piperazine rings is 1. The lowest BCUT2D eigenvalue weighted by Crippen LogP contribution is -2.44. The first-order valence-corrected chi connectivity index (χ1v) is 9.38. The first-order chi connectivity index (χ1) is 12.6. The summed E-state index contributed by atoms with van der Waals surface area (Å²) in [4.78, 5) is 16.5. The number of hydrogen-bond donors (Lipinski definition) is 1. The number of aromatic nitrogens is 2. The van der Waals surface area contributed by atoms with E-state index in [-0.39, 0.29) is 0 Å². The van der Waals surface area contributed by atoms with E-state index < -0.39 is 0 Å². The van der Waals surface area contributed by atoms with Crippen LogP contribution in [0.15, 0.2) is 36.4 Å². The van der Waals surface area contributed by atoms with Gasteiger partial charge in [0.25, 0.3) is 0 Å². The van der Waals surface area contributed by atoms with Crippen LogP contribution in [0.3, 0.4) is 0 Å². The standard InChI is InChI=1S/C20H30N6/c1-24(2)11-7-10-21-20-22-18(17-8-5-4-6-9-17)16-19(23-20)26-14-12-25(3)13-15-26/h4-6,8-9,16H,7,10-15H2,1-3H3,(H,21,22,23). The highest BCUT2D eigenvalue weighted by atomic mass is 15.3. The molecule has 0 spiro atoms. The Morgan fingerprint density at radius 2 is 1.77 bits per heavy atom. The van der Waals surface area contributed by atoms with Gasteiger partial charge < -0.3 is 20.0 Å². The molecule has 0 amide bonds. The molecule has 1 aliphatic heterocycles. The van der Waals surface area contributed by atoms with E-state index in [4.69, 9.17) is 9.97 Å². The van der Waals surface area contributed by atoms with Crippen LogP contribution in [0.1, 0.15) is 6.42 Å². The number of nitrogens with zero attached hydrogens (tertiary/aromatic N) is 5. The van der Waals surface area contributed by atoms with Gasteiger partial charge >= 0.3 is 0 Å². The van der Waals surface area contributed by atoms with E-state index in [1.165, 1.54) is 0 Å². The summed E-state index contributed by atoms with van der Waals surface area (Å²) in [6.45, 7) is 6.06. The Kier molecular flexibility index (Phi) is 6.41. The molecule has 0 unspecified atom stereocenters. The molecule has 3 rings (SSSR count). The molecule has 6 heteroatoms. The minimum Gasteiger partial charge on any atom is -0.354 e. The zero-order valence-corrected chi connectivity index (χ0v) is 16.1. The van der Waals surface area contributed by atoms with E-state index in [1.807, 2.05) is 6.07 Å². The van der Waals surface area contributed by atoms with Crippen LogP contribution in [0.2, 0.25) is 0 Å². The summed E-state index contributed by atoms with van der Waals surface area (Å²) >= 11 is 0. The van der Waals surface area contributed by atoms with Crippen molar-refractivity contribution in [1.82, 2.24) is 19.8 Å². The van der Waals surface area contributed by atoms with E-state index in [1.54, 1.807) is 0 Å². The maximum atomic E-state index is 4.80. The second-order valence-electron chi connectivity index (χ2n) is 7.17. The Labute approximate surface area is 156 Å². The Balaban J connectivity index is 1.80. The molecule has 1 aromatic carbocycles. The third-order valence-electron chi connectivity index (χ3n) is 4.67. The summed E-state index contributed by atoms with van der Waals surface area (Å²) in [5.74, 6) is 1.74. The first-order valence-electron chi connectivity index (χ1n) is 9.38.